The van der Waals surface area contributed by atoms with Crippen LogP contribution in [0.15, 0.2) is 0 Å². The van der Waals surface area contributed by atoms with Crippen LogP contribution >= 0.6 is 0 Å². The zero-order valence-corrected chi connectivity index (χ0v) is 22.9. The molecule has 0 amide bonds. The Labute approximate surface area is 241 Å². The quantitative estimate of drug-likeness (QED) is 0.124. The summed E-state index contributed by atoms with van der Waals surface area (Å²) >= 11 is 0. The van der Waals surface area contributed by atoms with Crippen molar-refractivity contribution in [3.05, 3.63) is 0 Å². The van der Waals surface area contributed by atoms with Crippen molar-refractivity contribution in [2.24, 2.45) is 11.8 Å². The zero-order valence-electron chi connectivity index (χ0n) is 22.9. The first-order chi connectivity index (χ1) is 19.9. The normalized spacial score (nSPS) is 55.6. The van der Waals surface area contributed by atoms with Crippen LogP contribution in [-0.2, 0) is 18.9 Å². The first kappa shape index (κ1) is 32.7. The second-order valence-corrected chi connectivity index (χ2v) is 12.4. The molecule has 0 aromatic rings. The van der Waals surface area contributed by atoms with Gasteiger partial charge in [-0.05, 0) is 19.3 Å². The summed E-state index contributed by atoms with van der Waals surface area (Å²) in [5.74, 6) is -0.918. The van der Waals surface area contributed by atoms with E-state index in [-0.39, 0.29) is 25.7 Å². The lowest BCUT2D eigenvalue weighted by atomic mass is 9.72. The van der Waals surface area contributed by atoms with E-state index < -0.39 is 129 Å². The number of rotatable bonds is 6. The Morgan fingerprint density at radius 3 is 2.00 bits per heavy atom. The van der Waals surface area contributed by atoms with Crippen molar-refractivity contribution in [1.29, 1.82) is 0 Å². The second kappa shape index (κ2) is 13.4. The summed E-state index contributed by atoms with van der Waals surface area (Å²) in [5, 5.41) is 114. The third-order valence-electron chi connectivity index (χ3n) is 9.50. The zero-order chi connectivity index (χ0) is 30.5. The van der Waals surface area contributed by atoms with E-state index in [4.69, 9.17) is 23.7 Å². The first-order valence-corrected chi connectivity index (χ1v) is 14.6. The Morgan fingerprint density at radius 2 is 1.33 bits per heavy atom. The molecule has 0 spiro atoms. The van der Waals surface area contributed by atoms with Crippen LogP contribution < -0.4 is 0 Å². The van der Waals surface area contributed by atoms with E-state index in [2.05, 4.69) is 0 Å². The van der Waals surface area contributed by atoms with Gasteiger partial charge in [0.25, 0.3) is 0 Å². The molecule has 2 saturated carbocycles. The molecule has 12 N–H and O–H groups in total. The molecule has 16 nitrogen and oxygen atoms in total. The minimum absolute atomic E-state index is 0.0725. The molecule has 3 saturated heterocycles. The summed E-state index contributed by atoms with van der Waals surface area (Å²) < 4.78 is 28.1. The third kappa shape index (κ3) is 6.50. The Balaban J connectivity index is 1.40. The molecular weight excluding hydrogens is 568 g/mol. The van der Waals surface area contributed by atoms with Crippen molar-refractivity contribution >= 4 is 0 Å². The van der Waals surface area contributed by atoms with E-state index in [1.165, 1.54) is 0 Å². The maximum atomic E-state index is 11.0. The number of aliphatic hydroxyl groups is 13. The number of hydrogen-bond donors (Lipinski definition) is 11. The molecule has 42 heavy (non-hydrogen) atoms. The average Bonchev–Trinajstić information content (AvgIpc) is 2.95. The van der Waals surface area contributed by atoms with Gasteiger partial charge in [0.2, 0.25) is 0 Å². The number of ether oxygens (including phenoxy) is 5. The third-order valence-corrected chi connectivity index (χ3v) is 9.50. The molecule has 5 rings (SSSR count). The van der Waals surface area contributed by atoms with Crippen molar-refractivity contribution in [2.75, 3.05) is 13.2 Å². The van der Waals surface area contributed by atoms with Gasteiger partial charge in [-0.3, -0.25) is 0 Å². The van der Waals surface area contributed by atoms with Crippen molar-refractivity contribution < 1.29 is 79.9 Å². The van der Waals surface area contributed by atoms with Crippen molar-refractivity contribution in [2.45, 2.75) is 136 Å². The van der Waals surface area contributed by atoms with E-state index in [9.17, 15) is 56.2 Å². The first-order valence-electron chi connectivity index (χ1n) is 14.6. The second-order valence-electron chi connectivity index (χ2n) is 12.4. The molecule has 5 aliphatic rings. The predicted octanol–water partition coefficient (Wildman–Crippen LogP) is -6.07. The summed E-state index contributed by atoms with van der Waals surface area (Å²) in [7, 11) is 0. The molecule has 3 heterocycles. The van der Waals surface area contributed by atoms with Gasteiger partial charge in [-0.25, -0.2) is 0 Å². The van der Waals surface area contributed by atoms with E-state index in [1.807, 2.05) is 0 Å². The molecule has 0 bridgehead atoms. The van der Waals surface area contributed by atoms with Crippen molar-refractivity contribution in [3.8, 4) is 0 Å². The molecule has 5 fully saturated rings. The molecule has 244 valence electrons. The molecular formula is C26H45O16+. The summed E-state index contributed by atoms with van der Waals surface area (Å²) in [5.41, 5.74) is 0. The van der Waals surface area contributed by atoms with Gasteiger partial charge in [-0.1, -0.05) is 0 Å². The highest BCUT2D eigenvalue weighted by Crippen LogP contribution is 2.42. The Hall–Kier alpha value is -0.640. The van der Waals surface area contributed by atoms with Crippen molar-refractivity contribution in [3.63, 3.8) is 0 Å². The molecule has 8 unspecified atom stereocenters. The molecule has 3 aliphatic heterocycles. The fraction of sp³-hybridized carbons (Fsp3) is 1.00. The summed E-state index contributed by atoms with van der Waals surface area (Å²) in [4.78, 5) is 0. The largest absolute Gasteiger partial charge is 0.427 e. The fourth-order valence-corrected chi connectivity index (χ4v) is 7.10. The van der Waals surface area contributed by atoms with Crippen LogP contribution in [0, 0.1) is 11.8 Å². The lowest BCUT2D eigenvalue weighted by Gasteiger charge is -2.49. The van der Waals surface area contributed by atoms with Gasteiger partial charge in [0.15, 0.2) is 24.8 Å². The van der Waals surface area contributed by atoms with Crippen LogP contribution in [0.25, 0.3) is 0 Å². The monoisotopic (exact) mass is 613 g/mol. The predicted molar refractivity (Wildman–Crippen MR) is 135 cm³/mol. The lowest BCUT2D eigenvalue weighted by molar-refractivity contribution is -0.381. The van der Waals surface area contributed by atoms with E-state index >= 15 is 0 Å². The summed E-state index contributed by atoms with van der Waals surface area (Å²) in [6.45, 7) is -1.09. The van der Waals surface area contributed by atoms with Gasteiger partial charge in [0.05, 0.1) is 43.5 Å². The maximum Gasteiger partial charge on any atom is 0.187 e. The number of aliphatic hydroxyl groups excluding tert-OH is 11. The molecule has 17 atom stereocenters. The average molecular weight is 614 g/mol. The van der Waals surface area contributed by atoms with Gasteiger partial charge < -0.3 is 79.9 Å². The van der Waals surface area contributed by atoms with Crippen molar-refractivity contribution in [1.82, 2.24) is 0 Å². The molecule has 0 radical (unpaired) electrons. The van der Waals surface area contributed by atoms with Gasteiger partial charge in [-0.2, -0.15) is 0 Å². The highest BCUT2D eigenvalue weighted by molar-refractivity contribution is 5.00. The van der Waals surface area contributed by atoms with Crippen LogP contribution in [0.4, 0.5) is 0 Å². The van der Waals surface area contributed by atoms with E-state index in [0.29, 0.717) is 6.42 Å². The highest BCUT2D eigenvalue weighted by Gasteiger charge is 2.56. The van der Waals surface area contributed by atoms with Gasteiger partial charge >= 0.3 is 0 Å². The van der Waals surface area contributed by atoms with Crippen LogP contribution in [0.1, 0.15) is 32.1 Å². The topological polar surface area (TPSA) is 272 Å². The molecule has 16 heteroatoms. The fourth-order valence-electron chi connectivity index (χ4n) is 7.10. The van der Waals surface area contributed by atoms with E-state index in [1.54, 1.807) is 0 Å². The highest BCUT2D eigenvalue weighted by atomic mass is 16.8. The minimum Gasteiger partial charge on any atom is -0.427 e. The molecule has 2 aliphatic carbocycles. The minimum atomic E-state index is -1.73. The Morgan fingerprint density at radius 1 is 0.643 bits per heavy atom. The van der Waals surface area contributed by atoms with Crippen LogP contribution in [0.2, 0.25) is 0 Å². The molecule has 0 aromatic carbocycles. The number of fused-ring (bicyclic) bond motifs is 1. The SMILES string of the molecule is OC[C@H]1O[C@@H](OC2CC3C(O)CC(O)CC3[OH+]C2C2CC(O)C(O)C(O)C2)[C@H](O[C@@H]2OC[C@@H](O)[C@H](O)[C@H]2O)[C@@H](O)[C@@H]1O. The van der Waals surface area contributed by atoms with E-state index in [0.717, 1.165) is 0 Å². The Bertz CT molecular complexity index is 871. The van der Waals surface area contributed by atoms with Crippen LogP contribution in [-0.4, -0.2) is 178 Å². The van der Waals surface area contributed by atoms with Gasteiger partial charge in [-0.15, -0.1) is 0 Å². The van der Waals surface area contributed by atoms with Crippen LogP contribution in [0.5, 0.6) is 0 Å². The number of hydrogen-bond acceptors (Lipinski definition) is 15. The Kier molecular flexibility index (Phi) is 10.4. The summed E-state index contributed by atoms with van der Waals surface area (Å²) in [6.07, 6.45) is -20.8. The maximum absolute atomic E-state index is 11.0. The van der Waals surface area contributed by atoms with Gasteiger partial charge in [0.1, 0.15) is 54.9 Å². The van der Waals surface area contributed by atoms with Gasteiger partial charge in [0, 0.05) is 18.8 Å². The standard InChI is InChI=1S/C26H44O16/c27-6-17-20(35)21(36)24(42-25-22(37)19(34)14(32)7-38-25)26(41-17)40-16-5-10-11(29)3-9(28)4-15(10)39-23(16)8-1-12(30)18(33)13(31)2-8/h8-37H,1-7H2/p+1/t8?,9?,10?,11?,12?,13?,14-,15?,16?,17-,18?,19+,20-,21+,22-,23?,24-,25+,26-/m1/s1. The smallest absolute Gasteiger partial charge is 0.187 e. The molecule has 0 aromatic heterocycles. The lowest BCUT2D eigenvalue weighted by Crippen LogP contribution is -2.65. The van der Waals surface area contributed by atoms with Crippen LogP contribution in [0.3, 0.4) is 0 Å². The summed E-state index contributed by atoms with van der Waals surface area (Å²) in [6, 6.07) is 0.